The second-order valence-corrected chi connectivity index (χ2v) is 6.76. The van der Waals surface area contributed by atoms with Crippen molar-refractivity contribution in [2.24, 2.45) is 0 Å². The van der Waals surface area contributed by atoms with E-state index >= 15 is 0 Å². The van der Waals surface area contributed by atoms with Crippen LogP contribution in [0.15, 0.2) is 48.8 Å². The highest BCUT2D eigenvalue weighted by Gasteiger charge is 2.37. The largest absolute Gasteiger partial charge is 0.454 e. The van der Waals surface area contributed by atoms with Crippen molar-refractivity contribution in [3.05, 3.63) is 48.8 Å². The molecule has 1 atom stereocenters. The summed E-state index contributed by atoms with van der Waals surface area (Å²) in [6.07, 6.45) is 9.15. The average molecular weight is 337 g/mol. The summed E-state index contributed by atoms with van der Waals surface area (Å²) in [5, 5.41) is 3.08. The average Bonchev–Trinajstić information content (AvgIpc) is 3.05. The van der Waals surface area contributed by atoms with Gasteiger partial charge in [-0.15, -0.1) is 0 Å². The maximum atomic E-state index is 12.9. The first-order chi connectivity index (χ1) is 12.3. The number of aromatic nitrogens is 1. The highest BCUT2D eigenvalue weighted by atomic mass is 16.5. The van der Waals surface area contributed by atoms with Gasteiger partial charge < -0.3 is 10.1 Å². The molecule has 2 aromatic rings. The molecule has 0 bridgehead atoms. The summed E-state index contributed by atoms with van der Waals surface area (Å²) >= 11 is 0. The summed E-state index contributed by atoms with van der Waals surface area (Å²) in [7, 11) is 0. The summed E-state index contributed by atoms with van der Waals surface area (Å²) in [5.74, 6) is 1.37. The number of amides is 1. The van der Waals surface area contributed by atoms with Gasteiger partial charge in [0.2, 0.25) is 5.91 Å². The second kappa shape index (κ2) is 7.23. The standard InChI is InChI=1S/C20H23N3O2/c24-20(18-10-5-13-23(18)15-6-3-7-15)22-17-9-1-2-11-19(17)25-16-8-4-12-21-14-16/h1-2,4,8-9,11-12,14-15,18H,3,5-7,10,13H2,(H,22,24). The van der Waals surface area contributed by atoms with Crippen LogP contribution in [-0.4, -0.2) is 34.4 Å². The molecule has 0 radical (unpaired) electrons. The zero-order valence-corrected chi connectivity index (χ0v) is 14.2. The molecule has 4 rings (SSSR count). The number of rotatable bonds is 5. The molecule has 1 aromatic carbocycles. The molecule has 1 aromatic heterocycles. The summed E-state index contributed by atoms with van der Waals surface area (Å²) in [6, 6.07) is 11.8. The number of likely N-dealkylation sites (tertiary alicyclic amines) is 1. The molecule has 1 saturated carbocycles. The van der Waals surface area contributed by atoms with Crippen molar-refractivity contribution in [1.82, 2.24) is 9.88 Å². The second-order valence-electron chi connectivity index (χ2n) is 6.76. The van der Waals surface area contributed by atoms with Crippen molar-refractivity contribution >= 4 is 11.6 Å². The number of nitrogens with zero attached hydrogens (tertiary/aromatic N) is 2. The van der Waals surface area contributed by atoms with Crippen molar-refractivity contribution in [1.29, 1.82) is 0 Å². The number of hydrogen-bond donors (Lipinski definition) is 1. The third-order valence-electron chi connectivity index (χ3n) is 5.15. The third-order valence-corrected chi connectivity index (χ3v) is 5.15. The van der Waals surface area contributed by atoms with Crippen LogP contribution in [0.25, 0.3) is 0 Å². The Bertz CT molecular complexity index is 731. The summed E-state index contributed by atoms with van der Waals surface area (Å²) in [5.41, 5.74) is 0.705. The van der Waals surface area contributed by atoms with Crippen LogP contribution in [0, 0.1) is 0 Å². The van der Waals surface area contributed by atoms with Crippen LogP contribution >= 0.6 is 0 Å². The zero-order chi connectivity index (χ0) is 17.1. The van der Waals surface area contributed by atoms with Gasteiger partial charge in [-0.3, -0.25) is 14.7 Å². The predicted molar refractivity (Wildman–Crippen MR) is 96.7 cm³/mol. The smallest absolute Gasteiger partial charge is 0.241 e. The molecule has 2 fully saturated rings. The van der Waals surface area contributed by atoms with Crippen LogP contribution in [0.1, 0.15) is 32.1 Å². The predicted octanol–water partition coefficient (Wildman–Crippen LogP) is 3.83. The Morgan fingerprint density at radius 2 is 2.00 bits per heavy atom. The fraction of sp³-hybridized carbons (Fsp3) is 0.400. The van der Waals surface area contributed by atoms with Gasteiger partial charge in [0.1, 0.15) is 5.75 Å². The topological polar surface area (TPSA) is 54.5 Å². The normalized spacial score (nSPS) is 20.9. The summed E-state index contributed by atoms with van der Waals surface area (Å²) < 4.78 is 5.89. The SMILES string of the molecule is O=C(Nc1ccccc1Oc1cccnc1)C1CCCN1C1CCC1. The van der Waals surface area contributed by atoms with Gasteiger partial charge >= 0.3 is 0 Å². The molecule has 1 aliphatic heterocycles. The number of anilines is 1. The van der Waals surface area contributed by atoms with Crippen molar-refractivity contribution in [2.45, 2.75) is 44.2 Å². The van der Waals surface area contributed by atoms with Crippen molar-refractivity contribution in [3.8, 4) is 11.5 Å². The van der Waals surface area contributed by atoms with Crippen LogP contribution in [0.5, 0.6) is 11.5 Å². The van der Waals surface area contributed by atoms with E-state index < -0.39 is 0 Å². The Hall–Kier alpha value is -2.40. The first kappa shape index (κ1) is 16.1. The quantitative estimate of drug-likeness (QED) is 0.901. The van der Waals surface area contributed by atoms with E-state index in [1.807, 2.05) is 36.4 Å². The Morgan fingerprint density at radius 3 is 2.76 bits per heavy atom. The number of carbonyl (C=O) groups is 1. The molecular formula is C20H23N3O2. The minimum atomic E-state index is -0.0169. The zero-order valence-electron chi connectivity index (χ0n) is 14.2. The number of nitrogens with one attached hydrogen (secondary N) is 1. The Kier molecular flexibility index (Phi) is 4.65. The highest BCUT2D eigenvalue weighted by molar-refractivity contribution is 5.96. The lowest BCUT2D eigenvalue weighted by Crippen LogP contribution is -2.48. The molecule has 1 amide bonds. The number of carbonyl (C=O) groups excluding carboxylic acids is 1. The number of benzene rings is 1. The monoisotopic (exact) mass is 337 g/mol. The van der Waals surface area contributed by atoms with Gasteiger partial charge in [0.05, 0.1) is 17.9 Å². The fourth-order valence-corrected chi connectivity index (χ4v) is 3.64. The molecule has 1 saturated heterocycles. The van der Waals surface area contributed by atoms with Crippen LogP contribution in [0.2, 0.25) is 0 Å². The summed E-state index contributed by atoms with van der Waals surface area (Å²) in [6.45, 7) is 1.04. The third kappa shape index (κ3) is 3.51. The lowest BCUT2D eigenvalue weighted by Gasteiger charge is -2.38. The minimum absolute atomic E-state index is 0.0169. The van der Waals surface area contributed by atoms with Crippen molar-refractivity contribution in [3.63, 3.8) is 0 Å². The fourth-order valence-electron chi connectivity index (χ4n) is 3.64. The lowest BCUT2D eigenvalue weighted by molar-refractivity contribution is -0.121. The molecule has 1 unspecified atom stereocenters. The van der Waals surface area contributed by atoms with E-state index in [0.717, 1.165) is 19.4 Å². The molecule has 2 heterocycles. The van der Waals surface area contributed by atoms with Gasteiger partial charge in [0.25, 0.3) is 0 Å². The Labute approximate surface area is 148 Å². The van der Waals surface area contributed by atoms with E-state index in [4.69, 9.17) is 4.74 Å². The van der Waals surface area contributed by atoms with E-state index in [-0.39, 0.29) is 11.9 Å². The molecule has 0 spiro atoms. The molecule has 5 nitrogen and oxygen atoms in total. The molecule has 5 heteroatoms. The van der Waals surface area contributed by atoms with Crippen LogP contribution < -0.4 is 10.1 Å². The highest BCUT2D eigenvalue weighted by Crippen LogP contribution is 2.33. The van der Waals surface area contributed by atoms with Gasteiger partial charge in [-0.05, 0) is 56.5 Å². The molecular weight excluding hydrogens is 314 g/mol. The Balaban J connectivity index is 1.47. The van der Waals surface area contributed by atoms with E-state index in [1.54, 1.807) is 12.4 Å². The molecule has 1 N–H and O–H groups in total. The van der Waals surface area contributed by atoms with Gasteiger partial charge in [-0.25, -0.2) is 0 Å². The summed E-state index contributed by atoms with van der Waals surface area (Å²) in [4.78, 5) is 19.3. The molecule has 130 valence electrons. The van der Waals surface area contributed by atoms with Gasteiger partial charge in [0.15, 0.2) is 5.75 Å². The first-order valence-corrected chi connectivity index (χ1v) is 9.05. The van der Waals surface area contributed by atoms with Gasteiger partial charge in [-0.1, -0.05) is 18.6 Å². The molecule has 1 aliphatic carbocycles. The van der Waals surface area contributed by atoms with E-state index in [9.17, 15) is 4.79 Å². The minimum Gasteiger partial charge on any atom is -0.454 e. The van der Waals surface area contributed by atoms with Crippen LogP contribution in [-0.2, 0) is 4.79 Å². The van der Waals surface area contributed by atoms with Gasteiger partial charge in [0, 0.05) is 12.2 Å². The number of pyridine rings is 1. The molecule has 25 heavy (non-hydrogen) atoms. The molecule has 2 aliphatic rings. The van der Waals surface area contributed by atoms with Crippen LogP contribution in [0.4, 0.5) is 5.69 Å². The van der Waals surface area contributed by atoms with Gasteiger partial charge in [-0.2, -0.15) is 0 Å². The lowest BCUT2D eigenvalue weighted by atomic mass is 9.91. The number of hydrogen-bond acceptors (Lipinski definition) is 4. The van der Waals surface area contributed by atoms with Crippen molar-refractivity contribution in [2.75, 3.05) is 11.9 Å². The first-order valence-electron chi connectivity index (χ1n) is 9.05. The Morgan fingerprint density at radius 1 is 1.12 bits per heavy atom. The number of para-hydroxylation sites is 2. The van der Waals surface area contributed by atoms with E-state index in [1.165, 1.54) is 19.3 Å². The maximum Gasteiger partial charge on any atom is 0.241 e. The van der Waals surface area contributed by atoms with E-state index in [2.05, 4.69) is 15.2 Å². The number of ether oxygens (including phenoxy) is 1. The van der Waals surface area contributed by atoms with Crippen LogP contribution in [0.3, 0.4) is 0 Å². The van der Waals surface area contributed by atoms with E-state index in [0.29, 0.717) is 23.2 Å². The maximum absolute atomic E-state index is 12.9. The van der Waals surface area contributed by atoms with Crippen molar-refractivity contribution < 1.29 is 9.53 Å².